The number of hydrogen-bond acceptors (Lipinski definition) is 1. The maximum Gasteiger partial charge on any atom is 0.416 e. The van der Waals surface area contributed by atoms with Crippen molar-refractivity contribution >= 4 is 11.9 Å². The van der Waals surface area contributed by atoms with Gasteiger partial charge in [-0.15, -0.1) is 0 Å². The Balaban J connectivity index is 2.27. The minimum Gasteiger partial charge on any atom is -0.256 e. The molecule has 2 aromatic rings. The molecule has 0 aromatic heterocycles. The van der Waals surface area contributed by atoms with Gasteiger partial charge in [0.2, 0.25) is 0 Å². The van der Waals surface area contributed by atoms with Gasteiger partial charge >= 0.3 is 6.18 Å². The predicted molar refractivity (Wildman–Crippen MR) is 69.9 cm³/mol. The lowest BCUT2D eigenvalue weighted by Gasteiger charge is -2.06. The van der Waals surface area contributed by atoms with E-state index in [0.29, 0.717) is 5.56 Å². The third-order valence-corrected chi connectivity index (χ3v) is 2.68. The van der Waals surface area contributed by atoms with Crippen molar-refractivity contribution in [3.05, 3.63) is 65.2 Å². The van der Waals surface area contributed by atoms with E-state index in [0.717, 1.165) is 23.4 Å². The molecule has 19 heavy (non-hydrogen) atoms. The van der Waals surface area contributed by atoms with Crippen molar-refractivity contribution in [3.8, 4) is 0 Å². The first-order chi connectivity index (χ1) is 8.97. The smallest absolute Gasteiger partial charge is 0.256 e. The van der Waals surface area contributed by atoms with Crippen LogP contribution >= 0.6 is 0 Å². The fraction of sp³-hybridized carbons (Fsp3) is 0.133. The Bertz CT molecular complexity index is 600. The van der Waals surface area contributed by atoms with Gasteiger partial charge in [-0.1, -0.05) is 30.3 Å². The molecular weight excluding hydrogens is 251 g/mol. The van der Waals surface area contributed by atoms with Crippen LogP contribution in [0, 0.1) is 6.92 Å². The van der Waals surface area contributed by atoms with Gasteiger partial charge in [-0.2, -0.15) is 13.2 Å². The van der Waals surface area contributed by atoms with Crippen molar-refractivity contribution in [2.24, 2.45) is 4.99 Å². The van der Waals surface area contributed by atoms with Gasteiger partial charge in [0.25, 0.3) is 0 Å². The fourth-order valence-corrected chi connectivity index (χ4v) is 1.65. The van der Waals surface area contributed by atoms with Gasteiger partial charge in [-0.25, -0.2) is 0 Å². The Morgan fingerprint density at radius 3 is 2.42 bits per heavy atom. The topological polar surface area (TPSA) is 12.4 Å². The molecule has 0 unspecified atom stereocenters. The SMILES string of the molecule is Cc1ccccc1N=Cc1cccc(C(F)(F)F)c1. The Labute approximate surface area is 109 Å². The molecule has 0 bridgehead atoms. The molecular formula is C15H12F3N. The van der Waals surface area contributed by atoms with Crippen LogP contribution in [0.5, 0.6) is 0 Å². The largest absolute Gasteiger partial charge is 0.416 e. The number of aryl methyl sites for hydroxylation is 1. The third-order valence-electron chi connectivity index (χ3n) is 2.68. The van der Waals surface area contributed by atoms with Crippen molar-refractivity contribution in [2.75, 3.05) is 0 Å². The van der Waals surface area contributed by atoms with E-state index in [1.54, 1.807) is 6.07 Å². The van der Waals surface area contributed by atoms with Gasteiger partial charge in [0.05, 0.1) is 11.3 Å². The van der Waals surface area contributed by atoms with Crippen LogP contribution in [0.15, 0.2) is 53.5 Å². The average molecular weight is 263 g/mol. The predicted octanol–water partition coefficient (Wildman–Crippen LogP) is 4.76. The van der Waals surface area contributed by atoms with E-state index in [9.17, 15) is 13.2 Å². The molecule has 4 heteroatoms. The van der Waals surface area contributed by atoms with Crippen molar-refractivity contribution in [2.45, 2.75) is 13.1 Å². The van der Waals surface area contributed by atoms with E-state index < -0.39 is 11.7 Å². The summed E-state index contributed by atoms with van der Waals surface area (Å²) >= 11 is 0. The molecule has 0 aliphatic rings. The fourth-order valence-electron chi connectivity index (χ4n) is 1.65. The van der Waals surface area contributed by atoms with Gasteiger partial charge < -0.3 is 0 Å². The normalized spacial score (nSPS) is 12.0. The molecule has 1 nitrogen and oxygen atoms in total. The third kappa shape index (κ3) is 3.44. The Kier molecular flexibility index (Phi) is 3.69. The summed E-state index contributed by atoms with van der Waals surface area (Å²) in [5.74, 6) is 0. The van der Waals surface area contributed by atoms with Crippen LogP contribution in [0.1, 0.15) is 16.7 Å². The number of para-hydroxylation sites is 1. The van der Waals surface area contributed by atoms with Crippen LogP contribution < -0.4 is 0 Å². The summed E-state index contributed by atoms with van der Waals surface area (Å²) in [6.07, 6.45) is -2.88. The second-order valence-electron chi connectivity index (χ2n) is 4.17. The molecule has 0 spiro atoms. The Morgan fingerprint density at radius 1 is 1.00 bits per heavy atom. The summed E-state index contributed by atoms with van der Waals surface area (Å²) in [7, 11) is 0. The van der Waals surface area contributed by atoms with Gasteiger partial charge in [0.1, 0.15) is 0 Å². The van der Waals surface area contributed by atoms with Crippen molar-refractivity contribution in [1.29, 1.82) is 0 Å². The summed E-state index contributed by atoms with van der Waals surface area (Å²) < 4.78 is 37.7. The maximum atomic E-state index is 12.6. The second-order valence-corrected chi connectivity index (χ2v) is 4.17. The van der Waals surface area contributed by atoms with Gasteiger partial charge in [0.15, 0.2) is 0 Å². The van der Waals surface area contributed by atoms with Crippen LogP contribution in [0.2, 0.25) is 0 Å². The van der Waals surface area contributed by atoms with E-state index in [4.69, 9.17) is 0 Å². The monoisotopic (exact) mass is 263 g/mol. The van der Waals surface area contributed by atoms with E-state index >= 15 is 0 Å². The van der Waals surface area contributed by atoms with Crippen LogP contribution in [-0.2, 0) is 6.18 Å². The quantitative estimate of drug-likeness (QED) is 0.692. The minimum atomic E-state index is -4.33. The molecule has 0 fully saturated rings. The first-order valence-corrected chi connectivity index (χ1v) is 5.74. The number of rotatable bonds is 2. The zero-order valence-corrected chi connectivity index (χ0v) is 10.3. The molecule has 0 saturated carbocycles. The summed E-state index contributed by atoms with van der Waals surface area (Å²) in [6.45, 7) is 1.90. The molecule has 0 amide bonds. The Morgan fingerprint density at radius 2 is 1.74 bits per heavy atom. The number of aliphatic imine (C=N–C) groups is 1. The highest BCUT2D eigenvalue weighted by atomic mass is 19.4. The molecule has 2 aromatic carbocycles. The molecule has 0 aliphatic heterocycles. The van der Waals surface area contributed by atoms with Crippen LogP contribution in [0.4, 0.5) is 18.9 Å². The number of halogens is 3. The van der Waals surface area contributed by atoms with Crippen LogP contribution in [0.25, 0.3) is 0 Å². The summed E-state index contributed by atoms with van der Waals surface area (Å²) in [6, 6.07) is 12.6. The van der Waals surface area contributed by atoms with Crippen molar-refractivity contribution < 1.29 is 13.2 Å². The van der Waals surface area contributed by atoms with E-state index in [2.05, 4.69) is 4.99 Å². The standard InChI is InChI=1S/C15H12F3N/c1-11-5-2-3-8-14(11)19-10-12-6-4-7-13(9-12)15(16,17)18/h2-10H,1H3. The second kappa shape index (κ2) is 5.26. The van der Waals surface area contributed by atoms with Crippen molar-refractivity contribution in [3.63, 3.8) is 0 Å². The average Bonchev–Trinajstić information content (AvgIpc) is 2.37. The molecule has 0 saturated heterocycles. The first-order valence-electron chi connectivity index (χ1n) is 5.74. The van der Waals surface area contributed by atoms with Crippen molar-refractivity contribution in [1.82, 2.24) is 0 Å². The molecule has 98 valence electrons. The number of hydrogen-bond donors (Lipinski definition) is 0. The molecule has 0 heterocycles. The molecule has 0 aliphatic carbocycles. The summed E-state index contributed by atoms with van der Waals surface area (Å²) in [4.78, 5) is 4.21. The van der Waals surface area contributed by atoms with Gasteiger partial charge in [0, 0.05) is 6.21 Å². The first kappa shape index (κ1) is 13.3. The lowest BCUT2D eigenvalue weighted by molar-refractivity contribution is -0.137. The number of nitrogens with zero attached hydrogens (tertiary/aromatic N) is 1. The zero-order chi connectivity index (χ0) is 13.9. The van der Waals surface area contributed by atoms with E-state index in [-0.39, 0.29) is 0 Å². The van der Waals surface area contributed by atoms with Gasteiger partial charge in [-0.3, -0.25) is 4.99 Å². The molecule has 0 N–H and O–H groups in total. The van der Waals surface area contributed by atoms with Gasteiger partial charge in [-0.05, 0) is 36.2 Å². The molecule has 0 atom stereocenters. The molecule has 0 radical (unpaired) electrons. The summed E-state index contributed by atoms with van der Waals surface area (Å²) in [5.41, 5.74) is 1.49. The highest BCUT2D eigenvalue weighted by Gasteiger charge is 2.30. The lowest BCUT2D eigenvalue weighted by atomic mass is 10.1. The highest BCUT2D eigenvalue weighted by Crippen LogP contribution is 2.29. The molecule has 2 rings (SSSR count). The Hall–Kier alpha value is -2.10. The van der Waals surface area contributed by atoms with Crippen LogP contribution in [-0.4, -0.2) is 6.21 Å². The number of alkyl halides is 3. The van der Waals surface area contributed by atoms with E-state index in [1.807, 2.05) is 31.2 Å². The van der Waals surface area contributed by atoms with E-state index in [1.165, 1.54) is 12.3 Å². The maximum absolute atomic E-state index is 12.6. The number of benzene rings is 2. The van der Waals surface area contributed by atoms with Crippen LogP contribution in [0.3, 0.4) is 0 Å². The lowest BCUT2D eigenvalue weighted by Crippen LogP contribution is -2.04. The zero-order valence-electron chi connectivity index (χ0n) is 10.3. The minimum absolute atomic E-state index is 0.429. The summed E-state index contributed by atoms with van der Waals surface area (Å²) in [5, 5.41) is 0. The highest BCUT2D eigenvalue weighted by molar-refractivity contribution is 5.82.